The Bertz CT molecular complexity index is 2330. The van der Waals surface area contributed by atoms with E-state index in [-0.39, 0.29) is 30.3 Å². The second kappa shape index (κ2) is 20.4. The van der Waals surface area contributed by atoms with Crippen molar-refractivity contribution in [3.05, 3.63) is 181 Å². The van der Waals surface area contributed by atoms with E-state index in [2.05, 4.69) is 68.8 Å². The number of nitrogens with zero attached hydrogens (tertiary/aromatic N) is 2. The van der Waals surface area contributed by atoms with Crippen LogP contribution in [0, 0.1) is 0 Å². The first-order valence-electron chi connectivity index (χ1n) is 19.3. The van der Waals surface area contributed by atoms with Crippen molar-refractivity contribution in [1.29, 1.82) is 0 Å². The lowest BCUT2D eigenvalue weighted by atomic mass is 9.98. The minimum atomic E-state index is -1.08. The van der Waals surface area contributed by atoms with Crippen molar-refractivity contribution in [1.82, 2.24) is 0 Å². The van der Waals surface area contributed by atoms with Crippen LogP contribution in [0.4, 0.5) is 0 Å². The van der Waals surface area contributed by atoms with Crippen LogP contribution in [0.2, 0.25) is 0 Å². The summed E-state index contributed by atoms with van der Waals surface area (Å²) in [4.78, 5) is 34.9. The van der Waals surface area contributed by atoms with Gasteiger partial charge in [-0.2, -0.15) is 0 Å². The molecule has 4 aromatic rings. The van der Waals surface area contributed by atoms with Crippen molar-refractivity contribution in [3.8, 4) is 22.6 Å². The molecule has 1 aliphatic carbocycles. The monoisotopic (exact) mass is 790 g/mol. The molecule has 2 atom stereocenters. The van der Waals surface area contributed by atoms with Crippen LogP contribution in [0.1, 0.15) is 62.8 Å². The second-order valence-corrected chi connectivity index (χ2v) is 14.1. The summed E-state index contributed by atoms with van der Waals surface area (Å²) in [6.45, 7) is 21.5. The van der Waals surface area contributed by atoms with Crippen molar-refractivity contribution in [2.24, 2.45) is 9.98 Å². The quantitative estimate of drug-likeness (QED) is 0.0283. The highest BCUT2D eigenvalue weighted by atomic mass is 16.6. The smallest absolute Gasteiger partial charge is 0.347 e. The first kappa shape index (κ1) is 43.1. The molecule has 9 heteroatoms. The van der Waals surface area contributed by atoms with Gasteiger partial charge in [0.1, 0.15) is 30.5 Å². The standard InChI is InChI=1S/C50H50N2O7/c1-32(2)36(7)56-30-45(59-49(54)33(3)4)31-57-50(55)37(8)58-44-27-28-46(47(53)29-44)35(6)52-48(43-25-23-42(24-26-43)40-17-13-10-14-18-40)51-34(5)38-19-21-41(22-20-38)39-15-11-9-12-16-39/h10-11,13-29,37,45,53H,1,3,5,7,9,12,30-31H2,2,4,6,8H3. The van der Waals surface area contributed by atoms with Gasteiger partial charge in [-0.1, -0.05) is 123 Å². The van der Waals surface area contributed by atoms with E-state index in [0.29, 0.717) is 34.1 Å². The number of allylic oxidation sites excluding steroid dienone is 5. The summed E-state index contributed by atoms with van der Waals surface area (Å²) >= 11 is 0. The number of benzene rings is 4. The van der Waals surface area contributed by atoms with E-state index in [1.807, 2.05) is 54.6 Å². The average Bonchev–Trinajstić information content (AvgIpc) is 3.24. The molecule has 9 nitrogen and oxygen atoms in total. The molecular formula is C50H50N2O7. The molecule has 5 rings (SSSR count). The molecule has 0 aliphatic heterocycles. The number of phenolic OH excluding ortho intramolecular Hbond substituents is 1. The highest BCUT2D eigenvalue weighted by molar-refractivity contribution is 6.13. The predicted octanol–water partition coefficient (Wildman–Crippen LogP) is 10.6. The average molecular weight is 791 g/mol. The van der Waals surface area contributed by atoms with Gasteiger partial charge in [-0.15, -0.1) is 0 Å². The lowest BCUT2D eigenvalue weighted by Gasteiger charge is -2.21. The molecule has 0 radical (unpaired) electrons. The number of amidine groups is 1. The molecule has 0 saturated heterocycles. The SMILES string of the molecule is C=C(C)C(=C)OCC(COC(=O)C(C)Oc1ccc(C(C)=NC(=NC(=C)c2ccc(C3=CCCC=C3)cc2)c2ccc(-c3ccccc3)cc2)c(O)c1)OC(=O)C(=C)C. The molecule has 59 heavy (non-hydrogen) atoms. The number of esters is 2. The fourth-order valence-electron chi connectivity index (χ4n) is 5.81. The van der Waals surface area contributed by atoms with E-state index >= 15 is 0 Å². The molecule has 0 bridgehead atoms. The topological polar surface area (TPSA) is 116 Å². The molecule has 2 unspecified atom stereocenters. The van der Waals surface area contributed by atoms with E-state index in [1.165, 1.54) is 25.5 Å². The zero-order valence-corrected chi connectivity index (χ0v) is 34.1. The van der Waals surface area contributed by atoms with E-state index in [1.54, 1.807) is 26.0 Å². The Morgan fingerprint density at radius 2 is 1.39 bits per heavy atom. The number of rotatable bonds is 17. The van der Waals surface area contributed by atoms with Gasteiger partial charge in [0, 0.05) is 22.8 Å². The molecule has 0 saturated carbocycles. The Morgan fingerprint density at radius 3 is 2.02 bits per heavy atom. The molecule has 4 aromatic carbocycles. The summed E-state index contributed by atoms with van der Waals surface area (Å²) in [7, 11) is 0. The van der Waals surface area contributed by atoms with Gasteiger partial charge in [0.25, 0.3) is 0 Å². The summed E-state index contributed by atoms with van der Waals surface area (Å²) in [5.74, 6) is -0.563. The molecule has 0 amide bonds. The largest absolute Gasteiger partial charge is 0.507 e. The van der Waals surface area contributed by atoms with Crippen LogP contribution >= 0.6 is 0 Å². The number of hydrogen-bond donors (Lipinski definition) is 1. The molecule has 1 N–H and O–H groups in total. The maximum atomic E-state index is 12.9. The van der Waals surface area contributed by atoms with Crippen LogP contribution in [0.3, 0.4) is 0 Å². The van der Waals surface area contributed by atoms with Gasteiger partial charge in [-0.3, -0.25) is 0 Å². The minimum Gasteiger partial charge on any atom is -0.507 e. The zero-order valence-electron chi connectivity index (χ0n) is 34.1. The fourth-order valence-corrected chi connectivity index (χ4v) is 5.81. The van der Waals surface area contributed by atoms with E-state index in [4.69, 9.17) is 28.9 Å². The van der Waals surface area contributed by atoms with Crippen LogP contribution in [0.15, 0.2) is 168 Å². The van der Waals surface area contributed by atoms with Gasteiger partial charge in [-0.25, -0.2) is 19.6 Å². The van der Waals surface area contributed by atoms with Gasteiger partial charge in [0.05, 0.1) is 11.4 Å². The summed E-state index contributed by atoms with van der Waals surface area (Å²) in [6, 6.07) is 30.9. The van der Waals surface area contributed by atoms with Crippen molar-refractivity contribution in [2.45, 2.75) is 52.7 Å². The highest BCUT2D eigenvalue weighted by Gasteiger charge is 2.23. The summed E-state index contributed by atoms with van der Waals surface area (Å²) in [6.07, 6.45) is 6.64. The van der Waals surface area contributed by atoms with Crippen LogP contribution in [-0.4, -0.2) is 54.0 Å². The van der Waals surface area contributed by atoms with Crippen molar-refractivity contribution >= 4 is 34.8 Å². The Balaban J connectivity index is 1.33. The maximum Gasteiger partial charge on any atom is 0.347 e. The summed E-state index contributed by atoms with van der Waals surface area (Å²) < 4.78 is 22.1. The molecule has 0 aromatic heterocycles. The van der Waals surface area contributed by atoms with E-state index in [0.717, 1.165) is 40.7 Å². The van der Waals surface area contributed by atoms with Gasteiger partial charge < -0.3 is 24.1 Å². The first-order chi connectivity index (χ1) is 28.3. The number of carbonyl (C=O) groups is 2. The summed E-state index contributed by atoms with van der Waals surface area (Å²) in [5, 5.41) is 11.2. The van der Waals surface area contributed by atoms with Gasteiger partial charge in [-0.05, 0) is 86.1 Å². The molecule has 302 valence electrons. The molecule has 0 heterocycles. The Kier molecular flexibility index (Phi) is 14.9. The van der Waals surface area contributed by atoms with Crippen LogP contribution in [0.25, 0.3) is 22.4 Å². The van der Waals surface area contributed by atoms with Crippen LogP contribution < -0.4 is 4.74 Å². The zero-order chi connectivity index (χ0) is 42.5. The normalized spacial score (nSPS) is 13.7. The Hall–Kier alpha value is -7.00. The first-order valence-corrected chi connectivity index (χ1v) is 19.3. The summed E-state index contributed by atoms with van der Waals surface area (Å²) in [5.41, 5.74) is 8.29. The third-order valence-corrected chi connectivity index (χ3v) is 9.27. The number of hydrogen-bond acceptors (Lipinski definition) is 8. The molecule has 0 fully saturated rings. The Morgan fingerprint density at radius 1 is 0.746 bits per heavy atom. The minimum absolute atomic E-state index is 0.118. The third kappa shape index (κ3) is 12.2. The number of aliphatic imine (C=N–C) groups is 2. The number of phenols is 1. The van der Waals surface area contributed by atoms with Crippen molar-refractivity contribution in [3.63, 3.8) is 0 Å². The maximum absolute atomic E-state index is 12.9. The van der Waals surface area contributed by atoms with Gasteiger partial charge in [0.15, 0.2) is 18.0 Å². The number of ether oxygens (including phenoxy) is 4. The molecule has 0 spiro atoms. The molecular weight excluding hydrogens is 741 g/mol. The third-order valence-electron chi connectivity index (χ3n) is 9.27. The van der Waals surface area contributed by atoms with Gasteiger partial charge >= 0.3 is 11.9 Å². The number of carbonyl (C=O) groups excluding carboxylic acids is 2. The predicted molar refractivity (Wildman–Crippen MR) is 236 cm³/mol. The Labute approximate surface area is 346 Å². The lowest BCUT2D eigenvalue weighted by molar-refractivity contribution is -0.162. The highest BCUT2D eigenvalue weighted by Crippen LogP contribution is 2.28. The van der Waals surface area contributed by atoms with E-state index in [9.17, 15) is 14.7 Å². The number of aromatic hydroxyl groups is 1. The van der Waals surface area contributed by atoms with Crippen molar-refractivity contribution in [2.75, 3.05) is 13.2 Å². The fraction of sp³-hybridized carbons (Fsp3) is 0.200. The van der Waals surface area contributed by atoms with Crippen LogP contribution in [-0.2, 0) is 23.8 Å². The van der Waals surface area contributed by atoms with Crippen LogP contribution in [0.5, 0.6) is 11.5 Å². The van der Waals surface area contributed by atoms with E-state index < -0.39 is 24.1 Å². The van der Waals surface area contributed by atoms with Crippen molar-refractivity contribution < 1.29 is 33.6 Å². The molecule has 1 aliphatic rings. The second-order valence-electron chi connectivity index (χ2n) is 14.1. The lowest BCUT2D eigenvalue weighted by Crippen LogP contribution is -2.33. The van der Waals surface area contributed by atoms with Gasteiger partial charge in [0.2, 0.25) is 0 Å².